The number of hydrogen-bond acceptors (Lipinski definition) is 3. The van der Waals surface area contributed by atoms with Gasteiger partial charge in [-0.2, -0.15) is 0 Å². The molecule has 1 saturated heterocycles. The quantitative estimate of drug-likeness (QED) is 0.862. The Morgan fingerprint density at radius 2 is 1.93 bits per heavy atom. The maximum Gasteiger partial charge on any atom is 0.225 e. The molecule has 2 aliphatic heterocycles. The van der Waals surface area contributed by atoms with Crippen molar-refractivity contribution in [1.82, 2.24) is 10.2 Å². The Labute approximate surface area is 167 Å². The Morgan fingerprint density at radius 1 is 1.21 bits per heavy atom. The number of ether oxygens (including phenoxy) is 1. The fourth-order valence-electron chi connectivity index (χ4n) is 4.89. The van der Waals surface area contributed by atoms with Gasteiger partial charge in [0.2, 0.25) is 11.8 Å². The van der Waals surface area contributed by atoms with Crippen LogP contribution in [0.1, 0.15) is 70.3 Å². The summed E-state index contributed by atoms with van der Waals surface area (Å²) < 4.78 is 6.51. The van der Waals surface area contributed by atoms with Crippen molar-refractivity contribution >= 4 is 11.8 Å². The topological polar surface area (TPSA) is 58.6 Å². The van der Waals surface area contributed by atoms with E-state index in [0.29, 0.717) is 12.3 Å². The van der Waals surface area contributed by atoms with E-state index < -0.39 is 0 Å². The van der Waals surface area contributed by atoms with Gasteiger partial charge in [0, 0.05) is 50.2 Å². The highest BCUT2D eigenvalue weighted by Gasteiger charge is 2.45. The average molecular weight is 385 g/mol. The number of likely N-dealkylation sites (tertiary alicyclic amines) is 1. The highest BCUT2D eigenvalue weighted by atomic mass is 16.5. The summed E-state index contributed by atoms with van der Waals surface area (Å²) in [4.78, 5) is 27.1. The van der Waals surface area contributed by atoms with Crippen molar-refractivity contribution in [2.45, 2.75) is 76.4 Å². The molecule has 2 heterocycles. The summed E-state index contributed by atoms with van der Waals surface area (Å²) in [6, 6.07) is 8.28. The van der Waals surface area contributed by atoms with Crippen molar-refractivity contribution < 1.29 is 14.3 Å². The number of nitrogens with zero attached hydrogens (tertiary/aromatic N) is 1. The standard InChI is InChI=1S/C23H32N2O3/c1-16(2)24-21(26)14-18-15-23(28-20-9-4-3-8-19(18)20)10-12-25(13-11-23)22(27)17-6-5-7-17/h3-4,8-9,16-18H,5-7,10-15H2,1-2H3,(H,24,26)/t18-/m1/s1. The summed E-state index contributed by atoms with van der Waals surface area (Å²) in [5.74, 6) is 1.77. The van der Waals surface area contributed by atoms with E-state index in [0.717, 1.165) is 56.5 Å². The second-order valence-corrected chi connectivity index (χ2v) is 9.10. The number of para-hydroxylation sites is 1. The molecule has 0 unspecified atom stereocenters. The normalized spacial score (nSPS) is 23.7. The van der Waals surface area contributed by atoms with Crippen LogP contribution in [0.3, 0.4) is 0 Å². The number of fused-ring (bicyclic) bond motifs is 1. The average Bonchev–Trinajstić information content (AvgIpc) is 2.60. The Balaban J connectivity index is 1.47. The molecule has 2 fully saturated rings. The van der Waals surface area contributed by atoms with E-state index in [1.807, 2.05) is 36.9 Å². The Bertz CT molecular complexity index is 733. The summed E-state index contributed by atoms with van der Waals surface area (Å²) in [7, 11) is 0. The third kappa shape index (κ3) is 3.89. The highest BCUT2D eigenvalue weighted by molar-refractivity contribution is 5.79. The van der Waals surface area contributed by atoms with E-state index in [2.05, 4.69) is 11.4 Å². The lowest BCUT2D eigenvalue weighted by molar-refractivity contribution is -0.142. The molecule has 5 heteroatoms. The third-order valence-corrected chi connectivity index (χ3v) is 6.63. The van der Waals surface area contributed by atoms with Gasteiger partial charge in [-0.1, -0.05) is 24.6 Å². The fourth-order valence-corrected chi connectivity index (χ4v) is 4.89. The molecule has 3 aliphatic rings. The van der Waals surface area contributed by atoms with Crippen LogP contribution in [0.4, 0.5) is 0 Å². The van der Waals surface area contributed by atoms with Crippen LogP contribution in [0.2, 0.25) is 0 Å². The van der Waals surface area contributed by atoms with Gasteiger partial charge in [-0.25, -0.2) is 0 Å². The van der Waals surface area contributed by atoms with Crippen molar-refractivity contribution in [2.24, 2.45) is 5.92 Å². The summed E-state index contributed by atoms with van der Waals surface area (Å²) in [6.45, 7) is 5.52. The number of amides is 2. The summed E-state index contributed by atoms with van der Waals surface area (Å²) >= 11 is 0. The molecule has 0 bridgehead atoms. The van der Waals surface area contributed by atoms with Gasteiger partial charge in [-0.15, -0.1) is 0 Å². The van der Waals surface area contributed by atoms with E-state index in [4.69, 9.17) is 4.74 Å². The van der Waals surface area contributed by atoms with Gasteiger partial charge in [0.05, 0.1) is 0 Å². The molecule has 1 aromatic rings. The number of carbonyl (C=O) groups excluding carboxylic acids is 2. The van der Waals surface area contributed by atoms with E-state index >= 15 is 0 Å². The molecule has 28 heavy (non-hydrogen) atoms. The first-order valence-corrected chi connectivity index (χ1v) is 10.8. The number of nitrogens with one attached hydrogen (secondary N) is 1. The molecule has 1 atom stereocenters. The van der Waals surface area contributed by atoms with Crippen LogP contribution in [-0.4, -0.2) is 41.4 Å². The maximum atomic E-state index is 12.6. The minimum absolute atomic E-state index is 0.101. The molecule has 1 aliphatic carbocycles. The van der Waals surface area contributed by atoms with Gasteiger partial charge in [0.25, 0.3) is 0 Å². The Hall–Kier alpha value is -2.04. The zero-order valence-corrected chi connectivity index (χ0v) is 17.1. The van der Waals surface area contributed by atoms with Crippen molar-refractivity contribution in [3.05, 3.63) is 29.8 Å². The monoisotopic (exact) mass is 384 g/mol. The van der Waals surface area contributed by atoms with E-state index in [1.54, 1.807) is 0 Å². The molecular weight excluding hydrogens is 352 g/mol. The van der Waals surface area contributed by atoms with Gasteiger partial charge in [-0.05, 0) is 44.7 Å². The number of rotatable bonds is 4. The predicted octanol–water partition coefficient (Wildman–Crippen LogP) is 3.63. The van der Waals surface area contributed by atoms with Crippen LogP contribution in [0.5, 0.6) is 5.75 Å². The van der Waals surface area contributed by atoms with Crippen LogP contribution in [-0.2, 0) is 9.59 Å². The number of carbonyl (C=O) groups is 2. The number of hydrogen-bond donors (Lipinski definition) is 1. The lowest BCUT2D eigenvalue weighted by Crippen LogP contribution is -2.53. The molecule has 1 spiro atoms. The molecule has 5 nitrogen and oxygen atoms in total. The molecule has 0 aromatic heterocycles. The molecule has 1 aromatic carbocycles. The van der Waals surface area contributed by atoms with Crippen LogP contribution in [0, 0.1) is 5.92 Å². The van der Waals surface area contributed by atoms with Gasteiger partial charge in [0.15, 0.2) is 0 Å². The largest absolute Gasteiger partial charge is 0.487 e. The Morgan fingerprint density at radius 3 is 2.57 bits per heavy atom. The minimum atomic E-state index is -0.256. The lowest BCUT2D eigenvalue weighted by Gasteiger charge is -2.47. The first-order valence-electron chi connectivity index (χ1n) is 10.8. The highest BCUT2D eigenvalue weighted by Crippen LogP contribution is 2.46. The zero-order valence-electron chi connectivity index (χ0n) is 17.1. The SMILES string of the molecule is CC(C)NC(=O)C[C@@H]1CC2(CCN(C(=O)C3CCC3)CC2)Oc2ccccc21. The third-order valence-electron chi connectivity index (χ3n) is 6.63. The smallest absolute Gasteiger partial charge is 0.225 e. The van der Waals surface area contributed by atoms with Crippen molar-refractivity contribution in [3.63, 3.8) is 0 Å². The number of benzene rings is 1. The molecule has 2 amide bonds. The van der Waals surface area contributed by atoms with Crippen LogP contribution in [0.25, 0.3) is 0 Å². The van der Waals surface area contributed by atoms with Crippen molar-refractivity contribution in [1.29, 1.82) is 0 Å². The van der Waals surface area contributed by atoms with Gasteiger partial charge in [-0.3, -0.25) is 9.59 Å². The molecule has 4 rings (SSSR count). The summed E-state index contributed by atoms with van der Waals surface area (Å²) in [5.41, 5.74) is 0.882. The van der Waals surface area contributed by atoms with E-state index in [-0.39, 0.29) is 29.4 Å². The van der Waals surface area contributed by atoms with E-state index in [9.17, 15) is 9.59 Å². The lowest BCUT2D eigenvalue weighted by atomic mass is 9.75. The molecule has 1 saturated carbocycles. The van der Waals surface area contributed by atoms with Gasteiger partial charge >= 0.3 is 0 Å². The predicted molar refractivity (Wildman–Crippen MR) is 108 cm³/mol. The van der Waals surface area contributed by atoms with E-state index in [1.165, 1.54) is 6.42 Å². The van der Waals surface area contributed by atoms with Crippen molar-refractivity contribution in [3.8, 4) is 5.75 Å². The van der Waals surface area contributed by atoms with Crippen molar-refractivity contribution in [2.75, 3.05) is 13.1 Å². The Kier molecular flexibility index (Phi) is 5.35. The minimum Gasteiger partial charge on any atom is -0.487 e. The first-order chi connectivity index (χ1) is 13.5. The maximum absolute atomic E-state index is 12.6. The summed E-state index contributed by atoms with van der Waals surface area (Å²) in [6.07, 6.45) is 6.33. The molecule has 0 radical (unpaired) electrons. The van der Waals surface area contributed by atoms with Crippen LogP contribution >= 0.6 is 0 Å². The van der Waals surface area contributed by atoms with Gasteiger partial charge in [0.1, 0.15) is 11.4 Å². The zero-order chi connectivity index (χ0) is 19.7. The first kappa shape index (κ1) is 19.3. The van der Waals surface area contributed by atoms with Crippen LogP contribution in [0.15, 0.2) is 24.3 Å². The second-order valence-electron chi connectivity index (χ2n) is 9.10. The second kappa shape index (κ2) is 7.76. The van der Waals surface area contributed by atoms with Crippen LogP contribution < -0.4 is 10.1 Å². The molecule has 1 N–H and O–H groups in total. The fraction of sp³-hybridized carbons (Fsp3) is 0.652. The number of piperidine rings is 1. The summed E-state index contributed by atoms with van der Waals surface area (Å²) in [5, 5.41) is 3.03. The van der Waals surface area contributed by atoms with Gasteiger partial charge < -0.3 is 15.0 Å². The molecule has 152 valence electrons. The molecular formula is C23H32N2O3.